The monoisotopic (exact) mass is 242 g/mol. The molecule has 0 aromatic heterocycles. The van der Waals surface area contributed by atoms with Crippen LogP contribution in [0, 0.1) is 5.41 Å². The van der Waals surface area contributed by atoms with Crippen LogP contribution < -0.4 is 5.73 Å². The number of ether oxygens (including phenoxy) is 1. The third kappa shape index (κ3) is 5.36. The standard InChI is InChI=1S/C14H30N2O/c1-14(2)8-5-13(6-9-14)16(3)11-12(15)7-10-17-4/h12-13H,5-11,15H2,1-4H3. The number of hydrogen-bond acceptors (Lipinski definition) is 3. The molecule has 0 spiro atoms. The molecule has 0 aliphatic heterocycles. The third-order valence-electron chi connectivity index (χ3n) is 4.15. The van der Waals surface area contributed by atoms with Gasteiger partial charge in [-0.25, -0.2) is 0 Å². The minimum Gasteiger partial charge on any atom is -0.385 e. The van der Waals surface area contributed by atoms with Gasteiger partial charge in [0, 0.05) is 32.3 Å². The van der Waals surface area contributed by atoms with Gasteiger partial charge in [-0.05, 0) is 44.6 Å². The van der Waals surface area contributed by atoms with Crippen molar-refractivity contribution in [2.75, 3.05) is 27.3 Å². The average Bonchev–Trinajstić information content (AvgIpc) is 2.26. The Morgan fingerprint density at radius 1 is 1.35 bits per heavy atom. The lowest BCUT2D eigenvalue weighted by Crippen LogP contribution is -2.43. The topological polar surface area (TPSA) is 38.5 Å². The minimum atomic E-state index is 0.245. The second kappa shape index (κ2) is 6.72. The first-order valence-electron chi connectivity index (χ1n) is 6.89. The van der Waals surface area contributed by atoms with Crippen molar-refractivity contribution in [2.45, 2.75) is 58.0 Å². The summed E-state index contributed by atoms with van der Waals surface area (Å²) in [5.74, 6) is 0. The van der Waals surface area contributed by atoms with E-state index < -0.39 is 0 Å². The van der Waals surface area contributed by atoms with E-state index in [9.17, 15) is 0 Å². The number of methoxy groups -OCH3 is 1. The molecule has 3 nitrogen and oxygen atoms in total. The first-order chi connectivity index (χ1) is 7.94. The number of rotatable bonds is 6. The molecule has 0 aromatic rings. The maximum atomic E-state index is 6.10. The number of likely N-dealkylation sites (N-methyl/N-ethyl adjacent to an activating group) is 1. The number of hydrogen-bond donors (Lipinski definition) is 1. The SMILES string of the molecule is COCCC(N)CN(C)C1CCC(C)(C)CC1. The van der Waals surface area contributed by atoms with Crippen molar-refractivity contribution in [3.8, 4) is 0 Å². The van der Waals surface area contributed by atoms with Gasteiger partial charge in [0.15, 0.2) is 0 Å². The summed E-state index contributed by atoms with van der Waals surface area (Å²) >= 11 is 0. The lowest BCUT2D eigenvalue weighted by Gasteiger charge is -2.39. The van der Waals surface area contributed by atoms with Crippen LogP contribution in [0.4, 0.5) is 0 Å². The van der Waals surface area contributed by atoms with E-state index in [2.05, 4.69) is 25.8 Å². The lowest BCUT2D eigenvalue weighted by molar-refractivity contribution is 0.116. The number of nitrogens with two attached hydrogens (primary N) is 1. The van der Waals surface area contributed by atoms with E-state index in [-0.39, 0.29) is 6.04 Å². The fourth-order valence-electron chi connectivity index (χ4n) is 2.70. The molecule has 0 bridgehead atoms. The highest BCUT2D eigenvalue weighted by molar-refractivity contribution is 4.83. The van der Waals surface area contributed by atoms with E-state index in [1.807, 2.05) is 0 Å². The van der Waals surface area contributed by atoms with Gasteiger partial charge in [0.25, 0.3) is 0 Å². The van der Waals surface area contributed by atoms with Crippen LogP contribution in [0.3, 0.4) is 0 Å². The van der Waals surface area contributed by atoms with Crippen molar-refractivity contribution in [1.29, 1.82) is 0 Å². The summed E-state index contributed by atoms with van der Waals surface area (Å²) in [4.78, 5) is 2.45. The zero-order chi connectivity index (χ0) is 12.9. The van der Waals surface area contributed by atoms with E-state index >= 15 is 0 Å². The Morgan fingerprint density at radius 3 is 2.47 bits per heavy atom. The van der Waals surface area contributed by atoms with Crippen molar-refractivity contribution < 1.29 is 4.74 Å². The molecule has 2 N–H and O–H groups in total. The average molecular weight is 242 g/mol. The zero-order valence-electron chi connectivity index (χ0n) is 12.0. The van der Waals surface area contributed by atoms with Crippen LogP contribution in [0.15, 0.2) is 0 Å². The molecule has 1 rings (SSSR count). The van der Waals surface area contributed by atoms with E-state index in [4.69, 9.17) is 10.5 Å². The van der Waals surface area contributed by atoms with Crippen LogP contribution in [-0.4, -0.2) is 44.3 Å². The molecule has 102 valence electrons. The summed E-state index contributed by atoms with van der Waals surface area (Å²) < 4.78 is 5.07. The van der Waals surface area contributed by atoms with Gasteiger partial charge in [0.2, 0.25) is 0 Å². The quantitative estimate of drug-likeness (QED) is 0.776. The normalized spacial score (nSPS) is 22.9. The van der Waals surface area contributed by atoms with E-state index in [1.165, 1.54) is 25.7 Å². The fraction of sp³-hybridized carbons (Fsp3) is 1.00. The molecule has 0 saturated heterocycles. The van der Waals surface area contributed by atoms with Gasteiger partial charge in [0.05, 0.1) is 0 Å². The molecule has 3 heteroatoms. The summed E-state index contributed by atoms with van der Waals surface area (Å²) in [5, 5.41) is 0. The molecule has 1 saturated carbocycles. The predicted octanol–water partition coefficient (Wildman–Crippen LogP) is 2.25. The molecule has 1 fully saturated rings. The van der Waals surface area contributed by atoms with Crippen molar-refractivity contribution in [1.82, 2.24) is 4.90 Å². The predicted molar refractivity (Wildman–Crippen MR) is 73.1 cm³/mol. The van der Waals surface area contributed by atoms with Crippen LogP contribution in [-0.2, 0) is 4.74 Å². The Morgan fingerprint density at radius 2 is 1.94 bits per heavy atom. The summed E-state index contributed by atoms with van der Waals surface area (Å²) in [6, 6.07) is 0.978. The van der Waals surface area contributed by atoms with Gasteiger partial charge in [-0.1, -0.05) is 13.8 Å². The maximum absolute atomic E-state index is 6.10. The molecule has 1 unspecified atom stereocenters. The smallest absolute Gasteiger partial charge is 0.0477 e. The molecule has 0 aromatic carbocycles. The Balaban J connectivity index is 2.26. The lowest BCUT2D eigenvalue weighted by atomic mass is 9.75. The van der Waals surface area contributed by atoms with Crippen LogP contribution in [0.5, 0.6) is 0 Å². The van der Waals surface area contributed by atoms with Gasteiger partial charge < -0.3 is 15.4 Å². The zero-order valence-corrected chi connectivity index (χ0v) is 12.0. The highest BCUT2D eigenvalue weighted by Crippen LogP contribution is 2.36. The maximum Gasteiger partial charge on any atom is 0.0477 e. The van der Waals surface area contributed by atoms with E-state index in [0.717, 1.165) is 25.6 Å². The van der Waals surface area contributed by atoms with Crippen LogP contribution in [0.2, 0.25) is 0 Å². The highest BCUT2D eigenvalue weighted by Gasteiger charge is 2.29. The Kier molecular flexibility index (Phi) is 5.90. The molecule has 1 aliphatic rings. The molecule has 1 aliphatic carbocycles. The van der Waals surface area contributed by atoms with Gasteiger partial charge in [-0.15, -0.1) is 0 Å². The Bertz CT molecular complexity index is 208. The Labute approximate surface area is 107 Å². The van der Waals surface area contributed by atoms with Crippen molar-refractivity contribution in [3.63, 3.8) is 0 Å². The minimum absolute atomic E-state index is 0.245. The number of nitrogens with zero attached hydrogens (tertiary/aromatic N) is 1. The Hall–Kier alpha value is -0.120. The van der Waals surface area contributed by atoms with Gasteiger partial charge >= 0.3 is 0 Å². The molecular formula is C14H30N2O. The first-order valence-corrected chi connectivity index (χ1v) is 6.89. The van der Waals surface area contributed by atoms with Crippen LogP contribution >= 0.6 is 0 Å². The van der Waals surface area contributed by atoms with Gasteiger partial charge in [0.1, 0.15) is 0 Å². The fourth-order valence-corrected chi connectivity index (χ4v) is 2.70. The summed E-state index contributed by atoms with van der Waals surface area (Å²) in [7, 11) is 3.95. The highest BCUT2D eigenvalue weighted by atomic mass is 16.5. The summed E-state index contributed by atoms with van der Waals surface area (Å²) in [6.45, 7) is 6.53. The van der Waals surface area contributed by atoms with Crippen molar-refractivity contribution in [3.05, 3.63) is 0 Å². The molecule has 0 radical (unpaired) electrons. The largest absolute Gasteiger partial charge is 0.385 e. The molecule has 17 heavy (non-hydrogen) atoms. The molecule has 0 amide bonds. The first kappa shape index (κ1) is 14.9. The second-order valence-electron chi connectivity index (χ2n) is 6.38. The van der Waals surface area contributed by atoms with Gasteiger partial charge in [-0.2, -0.15) is 0 Å². The van der Waals surface area contributed by atoms with Crippen molar-refractivity contribution >= 4 is 0 Å². The van der Waals surface area contributed by atoms with Crippen molar-refractivity contribution in [2.24, 2.45) is 11.1 Å². The summed E-state index contributed by atoms with van der Waals surface area (Å²) in [6.07, 6.45) is 6.28. The molecule has 1 atom stereocenters. The molecular weight excluding hydrogens is 212 g/mol. The molecule has 0 heterocycles. The van der Waals surface area contributed by atoms with Gasteiger partial charge in [-0.3, -0.25) is 0 Å². The van der Waals surface area contributed by atoms with Crippen LogP contribution in [0.1, 0.15) is 46.0 Å². The summed E-state index contributed by atoms with van der Waals surface area (Å²) in [5.41, 5.74) is 6.65. The van der Waals surface area contributed by atoms with E-state index in [0.29, 0.717) is 5.41 Å². The van der Waals surface area contributed by atoms with Crippen LogP contribution in [0.25, 0.3) is 0 Å². The second-order valence-corrected chi connectivity index (χ2v) is 6.38. The third-order valence-corrected chi connectivity index (χ3v) is 4.15. The van der Waals surface area contributed by atoms with E-state index in [1.54, 1.807) is 7.11 Å².